The van der Waals surface area contributed by atoms with Crippen LogP contribution in [-0.2, 0) is 0 Å². The summed E-state index contributed by atoms with van der Waals surface area (Å²) in [4.78, 5) is 8.96. The van der Waals surface area contributed by atoms with Crippen molar-refractivity contribution in [2.45, 2.75) is 37.8 Å². The molecule has 4 aromatic rings. The zero-order chi connectivity index (χ0) is 21.2. The van der Waals surface area contributed by atoms with Gasteiger partial charge in [-0.15, -0.1) is 5.10 Å². The topological polar surface area (TPSA) is 129 Å². The van der Waals surface area contributed by atoms with Crippen molar-refractivity contribution in [1.29, 1.82) is 5.26 Å². The third-order valence-corrected chi connectivity index (χ3v) is 5.38. The molecule has 0 radical (unpaired) electrons. The Morgan fingerprint density at radius 1 is 1.16 bits per heavy atom. The summed E-state index contributed by atoms with van der Waals surface area (Å²) in [5, 5.41) is 35.1. The predicted octanol–water partition coefficient (Wildman–Crippen LogP) is 2.64. The molecule has 31 heavy (non-hydrogen) atoms. The number of nitrogens with one attached hydrogen (secondary N) is 2. The Morgan fingerprint density at radius 3 is 2.87 bits per heavy atom. The Balaban J connectivity index is 1.51. The molecule has 1 aliphatic rings. The summed E-state index contributed by atoms with van der Waals surface area (Å²) in [6, 6.07) is 11.3. The van der Waals surface area contributed by atoms with Crippen LogP contribution in [0.1, 0.15) is 31.4 Å². The second kappa shape index (κ2) is 8.04. The summed E-state index contributed by atoms with van der Waals surface area (Å²) >= 11 is 0. The molecule has 10 nitrogen and oxygen atoms in total. The second-order valence-corrected chi connectivity index (χ2v) is 7.49. The molecule has 0 aliphatic heterocycles. The highest BCUT2D eigenvalue weighted by Gasteiger charge is 2.24. The SMILES string of the molecule is N#Cc1cnc2c(Nc3cccc(-n4cccn4)n3)cc(N[C@@H]3CCCC[C@H]3O)nn12. The molecule has 5 rings (SSSR count). The molecule has 1 fully saturated rings. The number of aliphatic hydroxyl groups is 1. The Morgan fingerprint density at radius 2 is 2.06 bits per heavy atom. The van der Waals surface area contributed by atoms with E-state index in [1.807, 2.05) is 36.5 Å². The first-order chi connectivity index (χ1) is 15.2. The molecule has 0 bridgehead atoms. The summed E-state index contributed by atoms with van der Waals surface area (Å²) in [5.74, 6) is 1.83. The fourth-order valence-electron chi connectivity index (χ4n) is 3.84. The third-order valence-electron chi connectivity index (χ3n) is 5.38. The number of aromatic nitrogens is 6. The Labute approximate surface area is 178 Å². The average Bonchev–Trinajstić information content (AvgIpc) is 3.46. The molecule has 0 saturated heterocycles. The van der Waals surface area contributed by atoms with Gasteiger partial charge in [-0.2, -0.15) is 14.9 Å². The number of nitriles is 1. The molecule has 0 amide bonds. The highest BCUT2D eigenvalue weighted by atomic mass is 16.3. The Bertz CT molecular complexity index is 1240. The van der Waals surface area contributed by atoms with Crippen LogP contribution in [0.2, 0.25) is 0 Å². The summed E-state index contributed by atoms with van der Waals surface area (Å²) in [7, 11) is 0. The van der Waals surface area contributed by atoms with Crippen LogP contribution in [0.5, 0.6) is 0 Å². The predicted molar refractivity (Wildman–Crippen MR) is 114 cm³/mol. The highest BCUT2D eigenvalue weighted by Crippen LogP contribution is 2.26. The number of hydrogen-bond donors (Lipinski definition) is 3. The van der Waals surface area contributed by atoms with Crippen molar-refractivity contribution < 1.29 is 5.11 Å². The van der Waals surface area contributed by atoms with Crippen molar-refractivity contribution in [1.82, 2.24) is 29.4 Å². The maximum absolute atomic E-state index is 10.3. The monoisotopic (exact) mass is 415 g/mol. The van der Waals surface area contributed by atoms with E-state index in [1.54, 1.807) is 10.9 Å². The lowest BCUT2D eigenvalue weighted by atomic mass is 9.92. The van der Waals surface area contributed by atoms with Gasteiger partial charge in [0.15, 0.2) is 17.2 Å². The lowest BCUT2D eigenvalue weighted by Gasteiger charge is -2.28. The quantitative estimate of drug-likeness (QED) is 0.454. The van der Waals surface area contributed by atoms with Gasteiger partial charge in [0.1, 0.15) is 17.7 Å². The molecule has 10 heteroatoms. The minimum absolute atomic E-state index is 0.0816. The molecule has 0 unspecified atom stereocenters. The fourth-order valence-corrected chi connectivity index (χ4v) is 3.84. The van der Waals surface area contributed by atoms with Gasteiger partial charge in [-0.25, -0.2) is 14.6 Å². The number of rotatable bonds is 5. The van der Waals surface area contributed by atoms with Crippen molar-refractivity contribution >= 4 is 23.0 Å². The molecule has 156 valence electrons. The first-order valence-electron chi connectivity index (χ1n) is 10.2. The summed E-state index contributed by atoms with van der Waals surface area (Å²) in [5.41, 5.74) is 1.48. The van der Waals surface area contributed by atoms with E-state index < -0.39 is 6.10 Å². The maximum atomic E-state index is 10.3. The molecule has 3 N–H and O–H groups in total. The van der Waals surface area contributed by atoms with E-state index in [4.69, 9.17) is 0 Å². The number of hydrogen-bond acceptors (Lipinski definition) is 8. The first-order valence-corrected chi connectivity index (χ1v) is 10.2. The Kier molecular flexibility index (Phi) is 4.93. The van der Waals surface area contributed by atoms with E-state index in [1.165, 1.54) is 10.7 Å². The van der Waals surface area contributed by atoms with Crippen molar-refractivity contribution in [2.75, 3.05) is 10.6 Å². The maximum Gasteiger partial charge on any atom is 0.179 e. The van der Waals surface area contributed by atoms with Gasteiger partial charge in [-0.3, -0.25) is 0 Å². The van der Waals surface area contributed by atoms with E-state index in [9.17, 15) is 10.4 Å². The number of fused-ring (bicyclic) bond motifs is 1. The van der Waals surface area contributed by atoms with Crippen LogP contribution in [0.3, 0.4) is 0 Å². The van der Waals surface area contributed by atoms with Gasteiger partial charge in [-0.1, -0.05) is 18.9 Å². The normalized spacial score (nSPS) is 18.6. The molecule has 1 saturated carbocycles. The van der Waals surface area contributed by atoms with Crippen molar-refractivity contribution in [3.05, 3.63) is 54.6 Å². The van der Waals surface area contributed by atoms with Crippen LogP contribution >= 0.6 is 0 Å². The molecule has 2 atom stereocenters. The van der Waals surface area contributed by atoms with E-state index in [0.717, 1.165) is 25.7 Å². The van der Waals surface area contributed by atoms with Gasteiger partial charge in [0.05, 0.1) is 24.0 Å². The molecule has 0 aromatic carbocycles. The smallest absolute Gasteiger partial charge is 0.179 e. The molecule has 4 aromatic heterocycles. The second-order valence-electron chi connectivity index (χ2n) is 7.49. The summed E-state index contributed by atoms with van der Waals surface area (Å²) in [6.07, 6.45) is 8.30. The Hall–Kier alpha value is -3.97. The molecule has 4 heterocycles. The van der Waals surface area contributed by atoms with Gasteiger partial charge < -0.3 is 15.7 Å². The number of imidazole rings is 1. The van der Waals surface area contributed by atoms with Crippen LogP contribution in [0.25, 0.3) is 11.5 Å². The minimum Gasteiger partial charge on any atom is -0.391 e. The van der Waals surface area contributed by atoms with Gasteiger partial charge in [0.25, 0.3) is 0 Å². The van der Waals surface area contributed by atoms with Crippen LogP contribution in [0.4, 0.5) is 17.3 Å². The van der Waals surface area contributed by atoms with Gasteiger partial charge in [-0.05, 0) is 31.0 Å². The molecular formula is C21H21N9O. The third kappa shape index (κ3) is 3.78. The fraction of sp³-hybridized carbons (Fsp3) is 0.286. The molecular weight excluding hydrogens is 394 g/mol. The molecule has 0 spiro atoms. The number of aliphatic hydroxyl groups excluding tert-OH is 1. The standard InChI is InChI=1S/C21H21N9O/c22-12-14-13-23-21-16(26-18-7-3-8-20(27-18)29-10-4-9-24-29)11-19(28-30(14)21)25-15-5-1-2-6-17(15)31/h3-4,7-11,13,15,17,31H,1-2,5-6H2,(H,25,28)(H,26,27)/t15-,17-/m1/s1. The van der Waals surface area contributed by atoms with E-state index in [2.05, 4.69) is 36.9 Å². The highest BCUT2D eigenvalue weighted by molar-refractivity contribution is 5.75. The van der Waals surface area contributed by atoms with Crippen LogP contribution in [0, 0.1) is 11.3 Å². The van der Waals surface area contributed by atoms with Gasteiger partial charge in [0.2, 0.25) is 0 Å². The van der Waals surface area contributed by atoms with Crippen molar-refractivity contribution in [2.24, 2.45) is 0 Å². The zero-order valence-corrected chi connectivity index (χ0v) is 16.7. The largest absolute Gasteiger partial charge is 0.391 e. The number of nitrogens with zero attached hydrogens (tertiary/aromatic N) is 7. The lowest BCUT2D eigenvalue weighted by molar-refractivity contribution is 0.116. The van der Waals surface area contributed by atoms with Crippen LogP contribution in [-0.4, -0.2) is 46.6 Å². The van der Waals surface area contributed by atoms with Crippen LogP contribution < -0.4 is 10.6 Å². The molecule has 1 aliphatic carbocycles. The first kappa shape index (κ1) is 19.0. The van der Waals surface area contributed by atoms with E-state index in [0.29, 0.717) is 34.5 Å². The average molecular weight is 415 g/mol. The van der Waals surface area contributed by atoms with Crippen LogP contribution in [0.15, 0.2) is 48.9 Å². The number of pyridine rings is 1. The number of anilines is 3. The summed E-state index contributed by atoms with van der Waals surface area (Å²) in [6.45, 7) is 0. The van der Waals surface area contributed by atoms with Crippen molar-refractivity contribution in [3.63, 3.8) is 0 Å². The zero-order valence-electron chi connectivity index (χ0n) is 16.7. The van der Waals surface area contributed by atoms with E-state index in [-0.39, 0.29) is 6.04 Å². The van der Waals surface area contributed by atoms with Crippen molar-refractivity contribution in [3.8, 4) is 11.9 Å². The van der Waals surface area contributed by atoms with E-state index >= 15 is 0 Å². The lowest BCUT2D eigenvalue weighted by Crippen LogP contribution is -2.36. The van der Waals surface area contributed by atoms with Gasteiger partial charge in [0, 0.05) is 18.5 Å². The minimum atomic E-state index is -0.423. The van der Waals surface area contributed by atoms with Gasteiger partial charge >= 0.3 is 0 Å². The summed E-state index contributed by atoms with van der Waals surface area (Å²) < 4.78 is 3.17.